The maximum atomic E-state index is 12.2. The van der Waals surface area contributed by atoms with Gasteiger partial charge in [0.2, 0.25) is 9.84 Å². The van der Waals surface area contributed by atoms with Crippen LogP contribution in [0.1, 0.15) is 26.2 Å². The second kappa shape index (κ2) is 4.55. The van der Waals surface area contributed by atoms with Gasteiger partial charge in [-0.05, 0) is 38.3 Å². The molecule has 1 aliphatic heterocycles. The molecule has 1 unspecified atom stereocenters. The predicted octanol–water partition coefficient (Wildman–Crippen LogP) is 2.38. The van der Waals surface area contributed by atoms with Gasteiger partial charge in [0.1, 0.15) is 0 Å². The lowest BCUT2D eigenvalue weighted by molar-refractivity contribution is 0.00285. The smallest absolute Gasteiger partial charge is 0.205 e. The number of sulfone groups is 1. The summed E-state index contributed by atoms with van der Waals surface area (Å²) in [5.74, 6) is 0. The van der Waals surface area contributed by atoms with Gasteiger partial charge in [0.15, 0.2) is 5.44 Å². The Morgan fingerprint density at radius 2 is 1.88 bits per heavy atom. The molecular weight excluding hydrogens is 224 g/mol. The minimum Gasteiger partial charge on any atom is -0.359 e. The van der Waals surface area contributed by atoms with Gasteiger partial charge in [-0.25, -0.2) is 8.42 Å². The number of benzene rings is 1. The maximum Gasteiger partial charge on any atom is 0.205 e. The van der Waals surface area contributed by atoms with Gasteiger partial charge in [0.05, 0.1) is 11.0 Å². The lowest BCUT2D eigenvalue weighted by Crippen LogP contribution is -2.32. The highest BCUT2D eigenvalue weighted by Gasteiger charge is 2.32. The van der Waals surface area contributed by atoms with Crippen LogP contribution in [0.3, 0.4) is 0 Å². The van der Waals surface area contributed by atoms with E-state index in [9.17, 15) is 8.42 Å². The van der Waals surface area contributed by atoms with E-state index < -0.39 is 15.3 Å². The van der Waals surface area contributed by atoms with Crippen LogP contribution >= 0.6 is 0 Å². The van der Waals surface area contributed by atoms with Gasteiger partial charge in [0.25, 0.3) is 0 Å². The van der Waals surface area contributed by atoms with Gasteiger partial charge in [-0.3, -0.25) is 0 Å². The minimum absolute atomic E-state index is 0.0391. The van der Waals surface area contributed by atoms with Crippen molar-refractivity contribution in [1.82, 2.24) is 0 Å². The van der Waals surface area contributed by atoms with Crippen LogP contribution in [-0.2, 0) is 14.6 Å². The third kappa shape index (κ3) is 2.28. The molecule has 2 rings (SSSR count). The fourth-order valence-electron chi connectivity index (χ4n) is 1.96. The summed E-state index contributed by atoms with van der Waals surface area (Å²) >= 11 is 0. The molecule has 0 bridgehead atoms. The summed E-state index contributed by atoms with van der Waals surface area (Å²) in [6, 6.07) is 8.53. The number of hydrogen-bond acceptors (Lipinski definition) is 3. The molecule has 0 spiro atoms. The molecule has 1 aliphatic rings. The van der Waals surface area contributed by atoms with Crippen LogP contribution in [0.4, 0.5) is 0 Å². The fourth-order valence-corrected chi connectivity index (χ4v) is 3.61. The molecule has 0 N–H and O–H groups in total. The van der Waals surface area contributed by atoms with Crippen LogP contribution in [0.15, 0.2) is 35.2 Å². The van der Waals surface area contributed by atoms with E-state index in [1.807, 2.05) is 13.0 Å². The third-order valence-electron chi connectivity index (χ3n) is 2.85. The zero-order chi connectivity index (χ0) is 11.6. The van der Waals surface area contributed by atoms with Crippen molar-refractivity contribution < 1.29 is 13.2 Å². The second-order valence-electron chi connectivity index (χ2n) is 4.17. The largest absolute Gasteiger partial charge is 0.359 e. The lowest BCUT2D eigenvalue weighted by Gasteiger charge is -2.27. The summed E-state index contributed by atoms with van der Waals surface area (Å²) in [6.07, 6.45) is 2.50. The Balaban J connectivity index is 2.26. The van der Waals surface area contributed by atoms with Gasteiger partial charge in [-0.1, -0.05) is 18.2 Å². The Kier molecular flexibility index (Phi) is 3.30. The van der Waals surface area contributed by atoms with Crippen molar-refractivity contribution in [2.24, 2.45) is 0 Å². The summed E-state index contributed by atoms with van der Waals surface area (Å²) in [4.78, 5) is 0.356. The van der Waals surface area contributed by atoms with E-state index in [-0.39, 0.29) is 6.10 Å². The van der Waals surface area contributed by atoms with Crippen LogP contribution in [0.25, 0.3) is 0 Å². The van der Waals surface area contributed by atoms with Gasteiger partial charge in [0, 0.05) is 0 Å². The van der Waals surface area contributed by atoms with Gasteiger partial charge >= 0.3 is 0 Å². The molecular formula is C12H16O3S. The highest BCUT2D eigenvalue weighted by molar-refractivity contribution is 7.91. The fraction of sp³-hybridized carbons (Fsp3) is 0.500. The first kappa shape index (κ1) is 11.6. The SMILES string of the molecule is C[C@H]1CCCC(S(=O)(=O)c2ccccc2)O1. The molecule has 1 aromatic rings. The molecule has 0 radical (unpaired) electrons. The maximum absolute atomic E-state index is 12.2. The molecule has 4 heteroatoms. The molecule has 0 saturated carbocycles. The molecule has 2 atom stereocenters. The van der Waals surface area contributed by atoms with Crippen LogP contribution < -0.4 is 0 Å². The Morgan fingerprint density at radius 1 is 1.19 bits per heavy atom. The summed E-state index contributed by atoms with van der Waals surface area (Å²) in [6.45, 7) is 1.92. The van der Waals surface area contributed by atoms with E-state index in [0.717, 1.165) is 12.8 Å². The molecule has 1 saturated heterocycles. The Morgan fingerprint density at radius 3 is 2.50 bits per heavy atom. The molecule has 1 heterocycles. The molecule has 1 fully saturated rings. The first-order valence-electron chi connectivity index (χ1n) is 5.55. The van der Waals surface area contributed by atoms with E-state index in [0.29, 0.717) is 11.3 Å². The van der Waals surface area contributed by atoms with E-state index in [4.69, 9.17) is 4.74 Å². The van der Waals surface area contributed by atoms with E-state index in [1.54, 1.807) is 24.3 Å². The summed E-state index contributed by atoms with van der Waals surface area (Å²) in [7, 11) is -3.32. The van der Waals surface area contributed by atoms with Crippen molar-refractivity contribution in [2.45, 2.75) is 42.6 Å². The minimum atomic E-state index is -3.32. The number of hydrogen-bond donors (Lipinski definition) is 0. The lowest BCUT2D eigenvalue weighted by atomic mass is 10.1. The highest BCUT2D eigenvalue weighted by Crippen LogP contribution is 2.27. The van der Waals surface area contributed by atoms with Gasteiger partial charge < -0.3 is 4.74 Å². The molecule has 0 aliphatic carbocycles. The molecule has 16 heavy (non-hydrogen) atoms. The van der Waals surface area contributed by atoms with Crippen molar-refractivity contribution in [2.75, 3.05) is 0 Å². The zero-order valence-electron chi connectivity index (χ0n) is 9.30. The first-order chi connectivity index (χ1) is 7.60. The Labute approximate surface area is 96.4 Å². The zero-order valence-corrected chi connectivity index (χ0v) is 10.1. The average Bonchev–Trinajstić information content (AvgIpc) is 2.30. The second-order valence-corrected chi connectivity index (χ2v) is 6.25. The van der Waals surface area contributed by atoms with Crippen molar-refractivity contribution in [3.63, 3.8) is 0 Å². The average molecular weight is 240 g/mol. The number of ether oxygens (including phenoxy) is 1. The molecule has 0 amide bonds. The predicted molar refractivity (Wildman–Crippen MR) is 61.8 cm³/mol. The Bertz CT molecular complexity index is 439. The van der Waals surface area contributed by atoms with Crippen LogP contribution in [0, 0.1) is 0 Å². The topological polar surface area (TPSA) is 43.4 Å². The van der Waals surface area contributed by atoms with E-state index in [1.165, 1.54) is 0 Å². The third-order valence-corrected chi connectivity index (χ3v) is 4.82. The standard InChI is InChI=1S/C12H16O3S/c1-10-6-5-9-12(15-10)16(13,14)11-7-3-2-4-8-11/h2-4,7-8,10,12H,5-6,9H2,1H3/t10-,12?/m0/s1. The summed E-state index contributed by atoms with van der Waals surface area (Å²) in [5.41, 5.74) is -0.668. The summed E-state index contributed by atoms with van der Waals surface area (Å²) in [5, 5.41) is 0. The van der Waals surface area contributed by atoms with E-state index in [2.05, 4.69) is 0 Å². The molecule has 88 valence electrons. The van der Waals surface area contributed by atoms with Gasteiger partial charge in [-0.15, -0.1) is 0 Å². The normalized spacial score (nSPS) is 26.6. The van der Waals surface area contributed by atoms with Crippen LogP contribution in [0.2, 0.25) is 0 Å². The van der Waals surface area contributed by atoms with Crippen molar-refractivity contribution in [3.05, 3.63) is 30.3 Å². The van der Waals surface area contributed by atoms with Crippen LogP contribution in [-0.4, -0.2) is 20.0 Å². The van der Waals surface area contributed by atoms with Crippen molar-refractivity contribution in [3.8, 4) is 0 Å². The highest BCUT2D eigenvalue weighted by atomic mass is 32.2. The quantitative estimate of drug-likeness (QED) is 0.797. The monoisotopic (exact) mass is 240 g/mol. The van der Waals surface area contributed by atoms with Crippen molar-refractivity contribution in [1.29, 1.82) is 0 Å². The first-order valence-corrected chi connectivity index (χ1v) is 7.10. The van der Waals surface area contributed by atoms with Crippen LogP contribution in [0.5, 0.6) is 0 Å². The van der Waals surface area contributed by atoms with Crippen molar-refractivity contribution >= 4 is 9.84 Å². The Hall–Kier alpha value is -0.870. The molecule has 0 aromatic heterocycles. The molecule has 3 nitrogen and oxygen atoms in total. The van der Waals surface area contributed by atoms with E-state index >= 15 is 0 Å². The number of rotatable bonds is 2. The van der Waals surface area contributed by atoms with Gasteiger partial charge in [-0.2, -0.15) is 0 Å². The summed E-state index contributed by atoms with van der Waals surface area (Å²) < 4.78 is 29.9. The molecule has 1 aromatic carbocycles.